The zero-order valence-corrected chi connectivity index (χ0v) is 18.0. The van der Waals surface area contributed by atoms with Crippen molar-refractivity contribution in [1.82, 2.24) is 0 Å². The normalized spacial score (nSPS) is 14.8. The van der Waals surface area contributed by atoms with Gasteiger partial charge in [-0.05, 0) is 51.1 Å². The van der Waals surface area contributed by atoms with Crippen LogP contribution < -0.4 is 0 Å². The molecule has 9 heteroatoms. The second-order valence-electron chi connectivity index (χ2n) is 5.85. The minimum atomic E-state index is -1.87. The maximum absolute atomic E-state index is 6.34. The molecule has 0 aromatic carbocycles. The summed E-state index contributed by atoms with van der Waals surface area (Å²) in [6, 6.07) is 1.60. The molecule has 0 spiro atoms. The van der Waals surface area contributed by atoms with E-state index < -0.39 is 24.2 Å². The maximum atomic E-state index is 6.34. The quantitative estimate of drug-likeness (QED) is 0.331. The lowest BCUT2D eigenvalue weighted by molar-refractivity contribution is 0.531. The van der Waals surface area contributed by atoms with Crippen LogP contribution in [0.15, 0.2) is 0 Å². The summed E-state index contributed by atoms with van der Waals surface area (Å²) < 4.78 is 3.92. The highest BCUT2D eigenvalue weighted by Crippen LogP contribution is 2.37. The minimum Gasteiger partial charge on any atom is -0.455 e. The summed E-state index contributed by atoms with van der Waals surface area (Å²) in [6.07, 6.45) is 1.01. The minimum absolute atomic E-state index is 0.506. The smallest absolute Gasteiger partial charge is 0.190 e. The van der Waals surface area contributed by atoms with Gasteiger partial charge in [-0.1, -0.05) is 69.6 Å². The maximum Gasteiger partial charge on any atom is 0.190 e. The number of rotatable bonds is 6. The molecule has 0 heterocycles. The predicted molar refractivity (Wildman–Crippen MR) is 95.5 cm³/mol. The average Bonchev–Trinajstić information content (AvgIpc) is 2.09. The van der Waals surface area contributed by atoms with Gasteiger partial charge in [0.2, 0.25) is 0 Å². The van der Waals surface area contributed by atoms with Crippen molar-refractivity contribution in [2.75, 3.05) is 0 Å². The van der Waals surface area contributed by atoms with Crippen molar-refractivity contribution in [3.05, 3.63) is 0 Å². The van der Waals surface area contributed by atoms with Gasteiger partial charge in [0.25, 0.3) is 0 Å². The Morgan fingerprint density at radius 3 is 1.16 bits per heavy atom. The van der Waals surface area contributed by atoms with Crippen LogP contribution in [0.25, 0.3) is 0 Å². The van der Waals surface area contributed by atoms with Crippen molar-refractivity contribution in [1.29, 1.82) is 0 Å². The largest absolute Gasteiger partial charge is 0.455 e. The lowest BCUT2D eigenvalue weighted by atomic mass is 10.6. The molecule has 1 nitrogen and oxygen atoms in total. The van der Waals surface area contributed by atoms with Crippen molar-refractivity contribution in [2.45, 2.75) is 58.7 Å². The lowest BCUT2D eigenvalue weighted by Gasteiger charge is -2.35. The van der Waals surface area contributed by atoms with Crippen LogP contribution in [0.4, 0.5) is 0 Å². The monoisotopic (exact) mass is 422 g/mol. The Labute approximate surface area is 148 Å². The third-order valence-corrected chi connectivity index (χ3v) is 11.0. The van der Waals surface area contributed by atoms with Crippen molar-refractivity contribution in [3.8, 4) is 0 Å². The van der Waals surface area contributed by atoms with Crippen molar-refractivity contribution in [2.24, 2.45) is 0 Å². The fourth-order valence-electron chi connectivity index (χ4n) is 1.74. The molecule has 0 fully saturated rings. The van der Waals surface area contributed by atoms with Crippen LogP contribution in [0.3, 0.4) is 0 Å². The zero-order valence-electron chi connectivity index (χ0n) is 11.5. The molecule has 0 aliphatic rings. The van der Waals surface area contributed by atoms with E-state index in [-0.39, 0.29) is 0 Å². The molecule has 0 aliphatic heterocycles. The second-order valence-corrected chi connectivity index (χ2v) is 19.7. The Kier molecular flexibility index (Phi) is 8.46. The number of hydrogen-bond acceptors (Lipinski definition) is 1. The zero-order chi connectivity index (χ0) is 15.5. The third kappa shape index (κ3) is 13.5. The SMILES string of the molecule is C[Si](C)(CCC(Cl)(Cl)Cl)O[Si](C)(C)CCC(Cl)(Cl)Cl. The molecular formula is C10H20Cl6OSi2. The highest BCUT2D eigenvalue weighted by atomic mass is 35.6. The van der Waals surface area contributed by atoms with Gasteiger partial charge in [0.05, 0.1) is 0 Å². The molecular weight excluding hydrogens is 405 g/mol. The Balaban J connectivity index is 4.37. The molecule has 0 amide bonds. The first-order valence-corrected chi connectivity index (χ1v) is 14.5. The van der Waals surface area contributed by atoms with E-state index in [2.05, 4.69) is 26.2 Å². The van der Waals surface area contributed by atoms with E-state index in [1.54, 1.807) is 0 Å². The van der Waals surface area contributed by atoms with Crippen LogP contribution in [0.1, 0.15) is 12.8 Å². The van der Waals surface area contributed by atoms with E-state index in [1.807, 2.05) is 0 Å². The molecule has 0 radical (unpaired) electrons. The summed E-state index contributed by atoms with van der Waals surface area (Å²) in [5.41, 5.74) is 0. The van der Waals surface area contributed by atoms with Gasteiger partial charge in [0.15, 0.2) is 24.2 Å². The first-order chi connectivity index (χ1) is 8.12. The number of alkyl halides is 6. The van der Waals surface area contributed by atoms with Crippen LogP contribution >= 0.6 is 69.6 Å². The predicted octanol–water partition coefficient (Wildman–Crippen LogP) is 6.93. The molecule has 0 saturated carbocycles. The highest BCUT2D eigenvalue weighted by Gasteiger charge is 2.36. The topological polar surface area (TPSA) is 9.23 Å². The Bertz CT molecular complexity index is 257. The lowest BCUT2D eigenvalue weighted by Crippen LogP contribution is -2.45. The fourth-order valence-corrected chi connectivity index (χ4v) is 12.0. The van der Waals surface area contributed by atoms with Gasteiger partial charge < -0.3 is 4.12 Å². The van der Waals surface area contributed by atoms with E-state index >= 15 is 0 Å². The first kappa shape index (κ1) is 21.1. The Morgan fingerprint density at radius 1 is 0.684 bits per heavy atom. The van der Waals surface area contributed by atoms with Crippen LogP contribution in [-0.4, -0.2) is 24.2 Å². The van der Waals surface area contributed by atoms with E-state index in [0.717, 1.165) is 12.1 Å². The van der Waals surface area contributed by atoms with Gasteiger partial charge in [-0.25, -0.2) is 0 Å². The van der Waals surface area contributed by atoms with E-state index in [1.165, 1.54) is 0 Å². The highest BCUT2D eigenvalue weighted by molar-refractivity contribution is 6.85. The third-order valence-electron chi connectivity index (χ3n) is 2.57. The van der Waals surface area contributed by atoms with Crippen LogP contribution in [0.5, 0.6) is 0 Å². The molecule has 0 bridgehead atoms. The first-order valence-electron chi connectivity index (χ1n) is 5.96. The fraction of sp³-hybridized carbons (Fsp3) is 1.00. The van der Waals surface area contributed by atoms with Gasteiger partial charge in [0, 0.05) is 0 Å². The van der Waals surface area contributed by atoms with Crippen molar-refractivity contribution >= 4 is 86.2 Å². The standard InChI is InChI=1S/C10H20Cl6OSi2/c1-18(2,7-5-9(11,12)13)17-19(3,4)8-6-10(14,15)16/h5-8H2,1-4H3. The van der Waals surface area contributed by atoms with Crippen LogP contribution in [0.2, 0.25) is 38.3 Å². The summed E-state index contributed by atoms with van der Waals surface area (Å²) in [5.74, 6) is 0. The molecule has 116 valence electrons. The van der Waals surface area contributed by atoms with E-state index in [9.17, 15) is 0 Å². The Hall–Kier alpha value is 2.13. The molecule has 0 rings (SSSR count). The molecule has 19 heavy (non-hydrogen) atoms. The molecule has 0 aromatic rings. The molecule has 0 saturated heterocycles. The van der Waals surface area contributed by atoms with Gasteiger partial charge in [-0.2, -0.15) is 0 Å². The van der Waals surface area contributed by atoms with Gasteiger partial charge >= 0.3 is 0 Å². The van der Waals surface area contributed by atoms with Gasteiger partial charge in [0.1, 0.15) is 0 Å². The molecule has 0 aliphatic carbocycles. The summed E-state index contributed by atoms with van der Waals surface area (Å²) in [7, 11) is -3.73. The summed E-state index contributed by atoms with van der Waals surface area (Å²) in [6.45, 7) is 8.53. The summed E-state index contributed by atoms with van der Waals surface area (Å²) in [5, 5.41) is 0. The van der Waals surface area contributed by atoms with Crippen LogP contribution in [-0.2, 0) is 4.12 Å². The van der Waals surface area contributed by atoms with Gasteiger partial charge in [-0.3, -0.25) is 0 Å². The van der Waals surface area contributed by atoms with Crippen LogP contribution in [0, 0.1) is 0 Å². The van der Waals surface area contributed by atoms with Gasteiger partial charge in [-0.15, -0.1) is 0 Å². The second kappa shape index (κ2) is 7.60. The van der Waals surface area contributed by atoms with E-state index in [0.29, 0.717) is 12.8 Å². The molecule has 0 N–H and O–H groups in total. The van der Waals surface area contributed by atoms with Crippen molar-refractivity contribution in [3.63, 3.8) is 0 Å². The van der Waals surface area contributed by atoms with Crippen molar-refractivity contribution < 1.29 is 4.12 Å². The summed E-state index contributed by atoms with van der Waals surface area (Å²) in [4.78, 5) is 0. The summed E-state index contributed by atoms with van der Waals surface area (Å²) >= 11 is 34.7. The number of hydrogen-bond donors (Lipinski definition) is 0. The van der Waals surface area contributed by atoms with E-state index in [4.69, 9.17) is 73.7 Å². The molecule has 0 unspecified atom stereocenters. The Morgan fingerprint density at radius 2 is 0.947 bits per heavy atom. The molecule has 0 aromatic heterocycles. The average molecular weight is 425 g/mol. The molecule has 0 atom stereocenters. The number of halogens is 6.